The lowest BCUT2D eigenvalue weighted by molar-refractivity contribution is 0.0792. The van der Waals surface area contributed by atoms with Gasteiger partial charge in [0.1, 0.15) is 0 Å². The number of aliphatic hydroxyl groups is 1. The van der Waals surface area contributed by atoms with E-state index in [9.17, 15) is 5.11 Å². The number of para-hydroxylation sites is 1. The van der Waals surface area contributed by atoms with Crippen molar-refractivity contribution in [2.24, 2.45) is 0 Å². The second-order valence-corrected chi connectivity index (χ2v) is 4.07. The molecule has 0 radical (unpaired) electrons. The molecule has 0 bridgehead atoms. The third-order valence-electron chi connectivity index (χ3n) is 3.14. The first-order chi connectivity index (χ1) is 7.27. The maximum Gasteiger partial charge on any atom is 0.0885 e. The van der Waals surface area contributed by atoms with Gasteiger partial charge in [-0.05, 0) is 25.5 Å². The summed E-state index contributed by atoms with van der Waals surface area (Å²) >= 11 is 0. The van der Waals surface area contributed by atoms with Crippen LogP contribution in [-0.4, -0.2) is 30.0 Å². The fourth-order valence-corrected chi connectivity index (χ4v) is 2.00. The minimum Gasteiger partial charge on any atom is -0.394 e. The highest BCUT2D eigenvalue weighted by molar-refractivity contribution is 5.46. The third-order valence-corrected chi connectivity index (χ3v) is 3.14. The Morgan fingerprint density at radius 3 is 2.73 bits per heavy atom. The van der Waals surface area contributed by atoms with Crippen LogP contribution in [0.5, 0.6) is 0 Å². The molecule has 2 N–H and O–H groups in total. The van der Waals surface area contributed by atoms with E-state index in [0.29, 0.717) is 6.61 Å². The molecule has 1 aromatic rings. The summed E-state index contributed by atoms with van der Waals surface area (Å²) in [5.74, 6) is 0. The van der Waals surface area contributed by atoms with Crippen molar-refractivity contribution in [1.82, 2.24) is 0 Å². The summed E-state index contributed by atoms with van der Waals surface area (Å²) in [7, 11) is 0. The van der Waals surface area contributed by atoms with Crippen LogP contribution in [0, 0.1) is 0 Å². The fraction of sp³-hybridized carbons (Fsp3) is 0.500. The summed E-state index contributed by atoms with van der Waals surface area (Å²) < 4.78 is 5.51. The molecule has 2 atom stereocenters. The summed E-state index contributed by atoms with van der Waals surface area (Å²) in [5, 5.41) is 12.9. The van der Waals surface area contributed by atoms with Crippen molar-refractivity contribution in [1.29, 1.82) is 0 Å². The zero-order chi connectivity index (χ0) is 10.7. The van der Waals surface area contributed by atoms with E-state index in [1.807, 2.05) is 37.3 Å². The van der Waals surface area contributed by atoms with Crippen LogP contribution in [0.15, 0.2) is 30.3 Å². The molecule has 82 valence electrons. The summed E-state index contributed by atoms with van der Waals surface area (Å²) in [5.41, 5.74) is 0.713. The van der Waals surface area contributed by atoms with Gasteiger partial charge in [-0.15, -0.1) is 0 Å². The molecule has 0 aromatic heterocycles. The van der Waals surface area contributed by atoms with Crippen molar-refractivity contribution < 1.29 is 9.84 Å². The molecule has 1 aliphatic rings. The predicted octanol–water partition coefficient (Wildman–Crippen LogP) is 1.64. The first kappa shape index (κ1) is 10.5. The summed E-state index contributed by atoms with van der Waals surface area (Å²) in [6.07, 6.45) is 0.891. The van der Waals surface area contributed by atoms with Gasteiger partial charge >= 0.3 is 0 Å². The van der Waals surface area contributed by atoms with E-state index in [1.165, 1.54) is 0 Å². The average molecular weight is 207 g/mol. The highest BCUT2D eigenvalue weighted by atomic mass is 16.5. The van der Waals surface area contributed by atoms with E-state index < -0.39 is 0 Å². The SMILES string of the molecule is CC1OCCC1(CO)Nc1ccccc1. The van der Waals surface area contributed by atoms with Crippen LogP contribution in [0.2, 0.25) is 0 Å². The number of benzene rings is 1. The molecule has 0 aliphatic carbocycles. The molecular weight excluding hydrogens is 190 g/mol. The molecule has 2 rings (SSSR count). The van der Waals surface area contributed by atoms with Crippen molar-refractivity contribution in [3.63, 3.8) is 0 Å². The minimum atomic E-state index is -0.318. The Morgan fingerprint density at radius 2 is 2.20 bits per heavy atom. The quantitative estimate of drug-likeness (QED) is 0.791. The lowest BCUT2D eigenvalue weighted by atomic mass is 9.92. The fourth-order valence-electron chi connectivity index (χ4n) is 2.00. The van der Waals surface area contributed by atoms with E-state index in [4.69, 9.17) is 4.74 Å². The zero-order valence-electron chi connectivity index (χ0n) is 8.94. The van der Waals surface area contributed by atoms with E-state index in [0.717, 1.165) is 12.1 Å². The number of aliphatic hydroxyl groups excluding tert-OH is 1. The van der Waals surface area contributed by atoms with Gasteiger partial charge in [0.25, 0.3) is 0 Å². The minimum absolute atomic E-state index is 0.0442. The third kappa shape index (κ3) is 1.98. The Kier molecular flexibility index (Phi) is 2.93. The zero-order valence-corrected chi connectivity index (χ0v) is 8.94. The summed E-state index contributed by atoms with van der Waals surface area (Å²) in [4.78, 5) is 0. The van der Waals surface area contributed by atoms with Gasteiger partial charge < -0.3 is 15.2 Å². The van der Waals surface area contributed by atoms with E-state index in [-0.39, 0.29) is 18.2 Å². The van der Waals surface area contributed by atoms with Gasteiger partial charge in [-0.25, -0.2) is 0 Å². The largest absolute Gasteiger partial charge is 0.394 e. The Hall–Kier alpha value is -1.06. The molecule has 3 nitrogen and oxygen atoms in total. The van der Waals surface area contributed by atoms with Crippen LogP contribution in [0.25, 0.3) is 0 Å². The highest BCUT2D eigenvalue weighted by Crippen LogP contribution is 2.29. The number of anilines is 1. The highest BCUT2D eigenvalue weighted by Gasteiger charge is 2.40. The molecular formula is C12H17NO2. The lowest BCUT2D eigenvalue weighted by Crippen LogP contribution is -2.47. The maximum atomic E-state index is 9.51. The summed E-state index contributed by atoms with van der Waals surface area (Å²) in [6.45, 7) is 2.81. The monoisotopic (exact) mass is 207 g/mol. The van der Waals surface area contributed by atoms with Crippen molar-refractivity contribution in [2.45, 2.75) is 25.0 Å². The Morgan fingerprint density at radius 1 is 1.47 bits per heavy atom. The number of nitrogens with one attached hydrogen (secondary N) is 1. The van der Waals surface area contributed by atoms with Gasteiger partial charge in [0.15, 0.2) is 0 Å². The number of ether oxygens (including phenoxy) is 1. The van der Waals surface area contributed by atoms with Gasteiger partial charge in [-0.3, -0.25) is 0 Å². The van der Waals surface area contributed by atoms with Crippen molar-refractivity contribution in [2.75, 3.05) is 18.5 Å². The van der Waals surface area contributed by atoms with Crippen LogP contribution < -0.4 is 5.32 Å². The maximum absolute atomic E-state index is 9.51. The first-order valence-electron chi connectivity index (χ1n) is 5.32. The molecule has 15 heavy (non-hydrogen) atoms. The molecule has 1 aromatic carbocycles. The molecule has 1 aliphatic heterocycles. The lowest BCUT2D eigenvalue weighted by Gasteiger charge is -2.32. The van der Waals surface area contributed by atoms with Gasteiger partial charge in [-0.2, -0.15) is 0 Å². The van der Waals surface area contributed by atoms with Crippen molar-refractivity contribution in [3.8, 4) is 0 Å². The smallest absolute Gasteiger partial charge is 0.0885 e. The molecule has 0 saturated carbocycles. The van der Waals surface area contributed by atoms with E-state index >= 15 is 0 Å². The van der Waals surface area contributed by atoms with Gasteiger partial charge in [0.2, 0.25) is 0 Å². The molecule has 1 heterocycles. The number of rotatable bonds is 3. The molecule has 1 saturated heterocycles. The van der Waals surface area contributed by atoms with Gasteiger partial charge in [0.05, 0.1) is 18.2 Å². The van der Waals surface area contributed by atoms with Crippen LogP contribution in [-0.2, 0) is 4.74 Å². The van der Waals surface area contributed by atoms with Gasteiger partial charge in [0, 0.05) is 12.3 Å². The Labute approximate surface area is 90.1 Å². The molecule has 0 amide bonds. The van der Waals surface area contributed by atoms with Crippen molar-refractivity contribution >= 4 is 5.69 Å². The van der Waals surface area contributed by atoms with Crippen LogP contribution in [0.3, 0.4) is 0 Å². The molecule has 0 spiro atoms. The first-order valence-corrected chi connectivity index (χ1v) is 5.32. The van der Waals surface area contributed by atoms with Crippen LogP contribution in [0.1, 0.15) is 13.3 Å². The summed E-state index contributed by atoms with van der Waals surface area (Å²) in [6, 6.07) is 9.94. The Bertz CT molecular complexity index is 315. The second kappa shape index (κ2) is 4.21. The van der Waals surface area contributed by atoms with Gasteiger partial charge in [-0.1, -0.05) is 18.2 Å². The van der Waals surface area contributed by atoms with E-state index in [1.54, 1.807) is 0 Å². The standard InChI is InChI=1S/C12H17NO2/c1-10-12(9-14,7-8-15-10)13-11-5-3-2-4-6-11/h2-6,10,13-14H,7-9H2,1H3. The number of hydrogen-bond donors (Lipinski definition) is 2. The molecule has 1 fully saturated rings. The van der Waals surface area contributed by atoms with Crippen LogP contribution >= 0.6 is 0 Å². The molecule has 2 unspecified atom stereocenters. The number of hydrogen-bond acceptors (Lipinski definition) is 3. The second-order valence-electron chi connectivity index (χ2n) is 4.07. The topological polar surface area (TPSA) is 41.5 Å². The van der Waals surface area contributed by atoms with Crippen LogP contribution in [0.4, 0.5) is 5.69 Å². The normalized spacial score (nSPS) is 30.4. The van der Waals surface area contributed by atoms with Crippen molar-refractivity contribution in [3.05, 3.63) is 30.3 Å². The Balaban J connectivity index is 2.15. The predicted molar refractivity (Wildman–Crippen MR) is 59.9 cm³/mol. The molecule has 3 heteroatoms. The average Bonchev–Trinajstić information content (AvgIpc) is 2.62. The van der Waals surface area contributed by atoms with E-state index in [2.05, 4.69) is 5.32 Å².